The van der Waals surface area contributed by atoms with Crippen LogP contribution in [-0.2, 0) is 14.4 Å². The van der Waals surface area contributed by atoms with Gasteiger partial charge in [-0.15, -0.1) is 0 Å². The fourth-order valence-corrected chi connectivity index (χ4v) is 1.02. The minimum atomic E-state index is -0.379. The van der Waals surface area contributed by atoms with Gasteiger partial charge in [0.15, 0.2) is 0 Å². The van der Waals surface area contributed by atoms with Gasteiger partial charge in [0.2, 0.25) is 5.91 Å². The van der Waals surface area contributed by atoms with Crippen LogP contribution in [-0.4, -0.2) is 36.1 Å². The number of hydrogen-bond donors (Lipinski definition) is 1. The highest BCUT2D eigenvalue weighted by molar-refractivity contribution is 5.96. The normalized spacial score (nSPS) is 14.7. The molecule has 0 saturated carbocycles. The standard InChI is InChI=1S/C9H10N2O3/c1-7-2-3-9(14)11(7)6-8(13)10-4-5-12/h2-3,5H,1,4,6H2,(H,10,13). The van der Waals surface area contributed by atoms with Gasteiger partial charge in [0.05, 0.1) is 6.54 Å². The molecule has 0 unspecified atom stereocenters. The van der Waals surface area contributed by atoms with Crippen LogP contribution in [0.25, 0.3) is 0 Å². The fourth-order valence-electron chi connectivity index (χ4n) is 1.02. The van der Waals surface area contributed by atoms with E-state index in [2.05, 4.69) is 11.9 Å². The van der Waals surface area contributed by atoms with Crippen LogP contribution in [0.1, 0.15) is 0 Å². The lowest BCUT2D eigenvalue weighted by molar-refractivity contribution is -0.130. The first kappa shape index (κ1) is 10.2. The summed E-state index contributed by atoms with van der Waals surface area (Å²) in [5, 5.41) is 2.33. The Bertz CT molecular complexity index is 302. The van der Waals surface area contributed by atoms with Crippen molar-refractivity contribution in [2.24, 2.45) is 0 Å². The molecule has 2 amide bonds. The summed E-state index contributed by atoms with van der Waals surface area (Å²) in [6.07, 6.45) is 3.46. The zero-order valence-corrected chi connectivity index (χ0v) is 7.53. The molecule has 0 spiro atoms. The van der Waals surface area contributed by atoms with Crippen LogP contribution in [0.2, 0.25) is 0 Å². The van der Waals surface area contributed by atoms with Crippen LogP contribution in [0.3, 0.4) is 0 Å². The molecule has 1 N–H and O–H groups in total. The van der Waals surface area contributed by atoms with Crippen LogP contribution in [0.15, 0.2) is 24.4 Å². The number of rotatable bonds is 4. The van der Waals surface area contributed by atoms with E-state index in [-0.39, 0.29) is 24.9 Å². The van der Waals surface area contributed by atoms with Crippen molar-refractivity contribution in [1.29, 1.82) is 0 Å². The van der Waals surface area contributed by atoms with E-state index >= 15 is 0 Å². The Morgan fingerprint density at radius 3 is 2.79 bits per heavy atom. The summed E-state index contributed by atoms with van der Waals surface area (Å²) >= 11 is 0. The van der Waals surface area contributed by atoms with Gasteiger partial charge in [-0.25, -0.2) is 0 Å². The molecule has 0 aliphatic carbocycles. The minimum Gasteiger partial charge on any atom is -0.348 e. The Labute approximate surface area is 81.1 Å². The van der Waals surface area contributed by atoms with Crippen LogP contribution >= 0.6 is 0 Å². The van der Waals surface area contributed by atoms with Crippen molar-refractivity contribution >= 4 is 18.1 Å². The third kappa shape index (κ3) is 2.29. The van der Waals surface area contributed by atoms with E-state index in [0.717, 1.165) is 0 Å². The van der Waals surface area contributed by atoms with Gasteiger partial charge in [-0.2, -0.15) is 0 Å². The quantitative estimate of drug-likeness (QED) is 0.596. The number of nitrogens with zero attached hydrogens (tertiary/aromatic N) is 1. The summed E-state index contributed by atoms with van der Waals surface area (Å²) in [5.74, 6) is -0.647. The Morgan fingerprint density at radius 1 is 1.57 bits per heavy atom. The monoisotopic (exact) mass is 194 g/mol. The molecule has 1 aliphatic heterocycles. The van der Waals surface area contributed by atoms with Crippen molar-refractivity contribution in [3.05, 3.63) is 24.4 Å². The number of nitrogens with one attached hydrogen (secondary N) is 1. The lowest BCUT2D eigenvalue weighted by Crippen LogP contribution is -2.37. The second-order valence-corrected chi connectivity index (χ2v) is 2.72. The van der Waals surface area contributed by atoms with E-state index in [0.29, 0.717) is 12.0 Å². The maximum Gasteiger partial charge on any atom is 0.251 e. The van der Waals surface area contributed by atoms with E-state index in [1.165, 1.54) is 17.1 Å². The summed E-state index contributed by atoms with van der Waals surface area (Å²) in [6.45, 7) is 3.45. The first-order valence-corrected chi connectivity index (χ1v) is 4.04. The molecule has 0 bridgehead atoms. The van der Waals surface area contributed by atoms with Gasteiger partial charge in [0, 0.05) is 11.8 Å². The lowest BCUT2D eigenvalue weighted by Gasteiger charge is -2.15. The average Bonchev–Trinajstić information content (AvgIpc) is 2.46. The molecule has 5 nitrogen and oxygen atoms in total. The molecule has 0 fully saturated rings. The molecule has 0 atom stereocenters. The summed E-state index contributed by atoms with van der Waals surface area (Å²) in [6, 6.07) is 0. The Balaban J connectivity index is 2.44. The van der Waals surface area contributed by atoms with Crippen molar-refractivity contribution in [3.8, 4) is 0 Å². The smallest absolute Gasteiger partial charge is 0.251 e. The number of aldehydes is 1. The first-order chi connectivity index (χ1) is 6.65. The van der Waals surface area contributed by atoms with Crippen LogP contribution in [0.4, 0.5) is 0 Å². The van der Waals surface area contributed by atoms with E-state index in [1.807, 2.05) is 0 Å². The van der Waals surface area contributed by atoms with Crippen molar-refractivity contribution in [2.75, 3.05) is 13.1 Å². The molecule has 0 aromatic heterocycles. The Kier molecular flexibility index (Phi) is 3.17. The second kappa shape index (κ2) is 4.36. The van der Waals surface area contributed by atoms with Crippen molar-refractivity contribution in [3.63, 3.8) is 0 Å². The van der Waals surface area contributed by atoms with Gasteiger partial charge < -0.3 is 15.0 Å². The zero-order chi connectivity index (χ0) is 10.6. The van der Waals surface area contributed by atoms with Gasteiger partial charge in [-0.1, -0.05) is 6.58 Å². The molecule has 5 heteroatoms. The summed E-state index contributed by atoms with van der Waals surface area (Å²) in [5.41, 5.74) is 0.483. The molecule has 0 radical (unpaired) electrons. The summed E-state index contributed by atoms with van der Waals surface area (Å²) in [7, 11) is 0. The minimum absolute atomic E-state index is 0.0409. The SMILES string of the molecule is C=C1C=CC(=O)N1CC(=O)NCC=O. The van der Waals surface area contributed by atoms with Gasteiger partial charge in [-0.05, 0) is 6.08 Å². The predicted octanol–water partition coefficient (Wildman–Crippen LogP) is -0.786. The van der Waals surface area contributed by atoms with E-state index in [1.54, 1.807) is 0 Å². The van der Waals surface area contributed by atoms with E-state index in [4.69, 9.17) is 0 Å². The number of hydrogen-bond acceptors (Lipinski definition) is 3. The zero-order valence-electron chi connectivity index (χ0n) is 7.53. The van der Waals surface area contributed by atoms with Gasteiger partial charge in [0.25, 0.3) is 5.91 Å². The van der Waals surface area contributed by atoms with E-state index < -0.39 is 0 Å². The first-order valence-electron chi connectivity index (χ1n) is 4.04. The molecule has 0 saturated heterocycles. The van der Waals surface area contributed by atoms with Crippen molar-refractivity contribution in [2.45, 2.75) is 0 Å². The number of amides is 2. The largest absolute Gasteiger partial charge is 0.348 e. The van der Waals surface area contributed by atoms with Crippen molar-refractivity contribution < 1.29 is 14.4 Å². The second-order valence-electron chi connectivity index (χ2n) is 2.72. The topological polar surface area (TPSA) is 66.5 Å². The third-order valence-electron chi connectivity index (χ3n) is 1.72. The van der Waals surface area contributed by atoms with Gasteiger partial charge >= 0.3 is 0 Å². The molecule has 0 aromatic carbocycles. The highest BCUT2D eigenvalue weighted by Crippen LogP contribution is 2.11. The molecular weight excluding hydrogens is 184 g/mol. The van der Waals surface area contributed by atoms with Crippen molar-refractivity contribution in [1.82, 2.24) is 10.2 Å². The fraction of sp³-hybridized carbons (Fsp3) is 0.222. The highest BCUT2D eigenvalue weighted by Gasteiger charge is 2.20. The average molecular weight is 194 g/mol. The maximum absolute atomic E-state index is 11.1. The van der Waals surface area contributed by atoms with Crippen LogP contribution < -0.4 is 5.32 Å². The number of carbonyl (C=O) groups excluding carboxylic acids is 3. The van der Waals surface area contributed by atoms with Crippen LogP contribution in [0.5, 0.6) is 0 Å². The highest BCUT2D eigenvalue weighted by atomic mass is 16.2. The van der Waals surface area contributed by atoms with E-state index in [9.17, 15) is 14.4 Å². The molecule has 0 aromatic rings. The third-order valence-corrected chi connectivity index (χ3v) is 1.72. The molecule has 74 valence electrons. The molecule has 1 heterocycles. The number of carbonyl (C=O) groups is 3. The van der Waals surface area contributed by atoms with Gasteiger partial charge in [0.1, 0.15) is 12.8 Å². The summed E-state index contributed by atoms with van der Waals surface area (Å²) < 4.78 is 0. The van der Waals surface area contributed by atoms with Gasteiger partial charge in [-0.3, -0.25) is 9.59 Å². The molecule has 1 rings (SSSR count). The molecule has 1 aliphatic rings. The number of allylic oxidation sites excluding steroid dienone is 1. The van der Waals surface area contributed by atoms with Crippen LogP contribution in [0, 0.1) is 0 Å². The molecule has 14 heavy (non-hydrogen) atoms. The summed E-state index contributed by atoms with van der Waals surface area (Å²) in [4.78, 5) is 33.4. The Hall–Kier alpha value is -1.91. The molecular formula is C9H10N2O3. The predicted molar refractivity (Wildman–Crippen MR) is 49.1 cm³/mol. The maximum atomic E-state index is 11.1. The Morgan fingerprint density at radius 2 is 2.29 bits per heavy atom. The lowest BCUT2D eigenvalue weighted by atomic mass is 10.4.